The molecular formula is C107H95N17O4. The summed E-state index contributed by atoms with van der Waals surface area (Å²) in [7, 11) is 0. The second-order valence-electron chi connectivity index (χ2n) is 35.8. The van der Waals surface area contributed by atoms with Gasteiger partial charge in [0.15, 0.2) is 46.4 Å². The summed E-state index contributed by atoms with van der Waals surface area (Å²) in [5, 5.41) is 0. The number of fused-ring (bicyclic) bond motifs is 12. The molecule has 9 heterocycles. The molecule has 0 aliphatic heterocycles. The molecule has 128 heavy (non-hydrogen) atoms. The first-order chi connectivity index (χ1) is 61.8. The van der Waals surface area contributed by atoms with Gasteiger partial charge >= 0.3 is 0 Å². The van der Waals surface area contributed by atoms with Gasteiger partial charge in [0.25, 0.3) is 0 Å². The van der Waals surface area contributed by atoms with Crippen LogP contribution in [-0.4, -0.2) is 87.9 Å². The summed E-state index contributed by atoms with van der Waals surface area (Å²) in [6.45, 7) is 52.9. The minimum absolute atomic E-state index is 0.0466. The molecule has 12 aromatic rings. The number of rotatable bonds is 9. The fourth-order valence-corrected chi connectivity index (χ4v) is 21.4. The lowest BCUT2D eigenvalue weighted by Crippen LogP contribution is -2.46. The lowest BCUT2D eigenvalue weighted by atomic mass is 9.58. The average molecular weight is 1680 g/mol. The third kappa shape index (κ3) is 15.3. The molecule has 3 aromatic carbocycles. The Hall–Kier alpha value is -14.7. The fraction of sp³-hybridized carbons (Fsp3) is 0.299. The second kappa shape index (κ2) is 34.7. The van der Waals surface area contributed by atoms with Crippen LogP contribution >= 0.6 is 0 Å². The summed E-state index contributed by atoms with van der Waals surface area (Å²) >= 11 is 0. The molecular weight excluding hydrogens is 1590 g/mol. The Labute approximate surface area is 746 Å². The molecule has 8 aliphatic rings. The van der Waals surface area contributed by atoms with Crippen LogP contribution in [0.5, 0.6) is 0 Å². The molecule has 0 radical (unpaired) electrons. The van der Waals surface area contributed by atoms with Gasteiger partial charge in [-0.05, 0) is 168 Å². The number of aryl methyl sites for hydroxylation is 3. The molecule has 20 rings (SSSR count). The van der Waals surface area contributed by atoms with Crippen LogP contribution in [0.15, 0.2) is 243 Å². The lowest BCUT2D eigenvalue weighted by molar-refractivity contribution is -0.122. The highest BCUT2D eigenvalue weighted by Crippen LogP contribution is 2.57. The summed E-state index contributed by atoms with van der Waals surface area (Å²) in [4.78, 5) is 126. The third-order valence-electron chi connectivity index (χ3n) is 28.2. The van der Waals surface area contributed by atoms with Gasteiger partial charge in [0, 0.05) is 174 Å². The molecule has 0 saturated heterocycles. The standard InChI is InChI=1S/C28H26N4O.2C27H24N4O.C25H21N5O/c1-5-18-6-8-19(9-7-18)24-21-10-11-22-17(2)25(33)23(29-4)16-28(22,3)26(21)32-27(31-24)20-12-14-30-15-13-20;1-16-5-7-18(8-6-16)23-20-9-10-21-17(2)24(32)22(28-4)15-27(21,3)25(20)31-26(30-23)19-11-13-29-14-12-19;1-16-6-5-7-19(14-16)23-20-8-9-21-17(2)24(32)22(28-4)15-27(21,3)25(20)31-26(30-23)18-10-12-29-13-11-18;1-15-19-7-6-18-21(17-5-4-10-28-14-17)29-24(16-8-11-27-12-9-16)30-23(18)25(19,2)13-20(26-3)22(15)31/h6-9,12-17,22H,5,10-11H2,1-3H3;5-8,11-15,17,21H,9-10H2,1-3H3;5-7,10-15,17,21H,8-9H2,1-3H3;4-5,8-15,19H,6-7H2,1-2H3/t17-,22-,28-;2*17-,21-,27-;15-,19-,25-/m1111/s1. The molecule has 9 aromatic heterocycles. The minimum Gasteiger partial charge on any atom is -0.308 e. The summed E-state index contributed by atoms with van der Waals surface area (Å²) in [5.41, 5.74) is 22.1. The smallest absolute Gasteiger partial charge is 0.226 e. The first kappa shape index (κ1) is 85.5. The van der Waals surface area contributed by atoms with Gasteiger partial charge in [-0.25, -0.2) is 59.3 Å². The molecule has 632 valence electrons. The number of aromatic nitrogens is 13. The Balaban J connectivity index is 0.000000120. The van der Waals surface area contributed by atoms with Crippen molar-refractivity contribution in [1.29, 1.82) is 0 Å². The zero-order valence-electron chi connectivity index (χ0n) is 73.5. The van der Waals surface area contributed by atoms with Crippen molar-refractivity contribution >= 4 is 23.1 Å². The summed E-state index contributed by atoms with van der Waals surface area (Å²) < 4.78 is 0. The van der Waals surface area contributed by atoms with Crippen LogP contribution in [-0.2, 0) is 72.9 Å². The molecule has 8 aliphatic carbocycles. The van der Waals surface area contributed by atoms with Crippen LogP contribution in [0.2, 0.25) is 0 Å². The molecule has 0 unspecified atom stereocenters. The maximum absolute atomic E-state index is 12.8. The van der Waals surface area contributed by atoms with E-state index in [-0.39, 0.29) is 93.3 Å². The van der Waals surface area contributed by atoms with Gasteiger partial charge < -0.3 is 19.2 Å². The number of allylic oxidation sites excluding steroid dienone is 8. The quantitative estimate of drug-likeness (QED) is 0.122. The highest BCUT2D eigenvalue weighted by molar-refractivity contribution is 6.03. The minimum atomic E-state index is -0.511. The summed E-state index contributed by atoms with van der Waals surface area (Å²) in [6.07, 6.45) is 32.6. The number of carbonyl (C=O) groups excluding carboxylic acids is 4. The van der Waals surface area contributed by atoms with Crippen LogP contribution in [0.3, 0.4) is 0 Å². The first-order valence-corrected chi connectivity index (χ1v) is 43.8. The fourth-order valence-electron chi connectivity index (χ4n) is 21.4. The lowest BCUT2D eigenvalue weighted by Gasteiger charge is -2.46. The Bertz CT molecular complexity index is 6770. The molecule has 0 amide bonds. The van der Waals surface area contributed by atoms with Crippen molar-refractivity contribution in [2.75, 3.05) is 0 Å². The van der Waals surface area contributed by atoms with Crippen molar-refractivity contribution in [1.82, 2.24) is 64.8 Å². The van der Waals surface area contributed by atoms with Gasteiger partial charge in [-0.1, -0.05) is 164 Å². The van der Waals surface area contributed by atoms with E-state index in [1.807, 2.05) is 119 Å². The van der Waals surface area contributed by atoms with Crippen LogP contribution < -0.4 is 0 Å². The molecule has 21 heteroatoms. The average Bonchev–Trinajstić information content (AvgIpc) is 0.732. The summed E-state index contributed by atoms with van der Waals surface area (Å²) in [5.74, 6) is 1.95. The van der Waals surface area contributed by atoms with Crippen molar-refractivity contribution in [2.45, 2.75) is 156 Å². The monoisotopic (exact) mass is 1680 g/mol. The predicted molar refractivity (Wildman–Crippen MR) is 492 cm³/mol. The van der Waals surface area contributed by atoms with Crippen molar-refractivity contribution in [3.8, 4) is 90.6 Å². The van der Waals surface area contributed by atoms with E-state index in [9.17, 15) is 19.2 Å². The zero-order valence-corrected chi connectivity index (χ0v) is 73.5. The van der Waals surface area contributed by atoms with Crippen molar-refractivity contribution in [3.05, 3.63) is 350 Å². The van der Waals surface area contributed by atoms with Crippen LogP contribution in [0, 0.1) is 87.5 Å². The number of hydrogen-bond donors (Lipinski definition) is 0. The normalized spacial score (nSPS) is 24.2. The number of carbonyl (C=O) groups is 4. The Morgan fingerprint density at radius 3 is 0.891 bits per heavy atom. The summed E-state index contributed by atoms with van der Waals surface area (Å²) in [6, 6.07) is 44.6. The van der Waals surface area contributed by atoms with E-state index in [0.29, 0.717) is 23.3 Å². The van der Waals surface area contributed by atoms with E-state index < -0.39 is 21.7 Å². The van der Waals surface area contributed by atoms with Crippen LogP contribution in [0.25, 0.3) is 110 Å². The van der Waals surface area contributed by atoms with Gasteiger partial charge in [0.05, 0.1) is 71.8 Å². The predicted octanol–water partition coefficient (Wildman–Crippen LogP) is 20.8. The van der Waals surface area contributed by atoms with Crippen molar-refractivity contribution in [3.63, 3.8) is 0 Å². The van der Waals surface area contributed by atoms with Crippen molar-refractivity contribution in [2.24, 2.45) is 47.3 Å². The number of pyridine rings is 5. The SMILES string of the molecule is [C-]#[N+]C1=C[C@@]2(C)c3nc(-c4ccncc4)nc(-c4ccc(C)cc4)c3CC[C@@H]2[C@@H](C)C1=O.[C-]#[N+]C1=C[C@@]2(C)c3nc(-c4ccncc4)nc(-c4ccc(CC)cc4)c3CC[C@@H]2[C@@H](C)C1=O.[C-]#[N+]C1=C[C@@]2(C)c3nc(-c4ccncc4)nc(-c4cccc(C)c4)c3CC[C@@H]2[C@@H](C)C1=O.[C-]#[N+]C1=C[C@@]2(C)c3nc(-c4ccncc4)nc(-c4cccnc4)c3CC[C@@H]2[C@@H](C)C1=O. The van der Waals surface area contributed by atoms with E-state index in [1.54, 1.807) is 55.8 Å². The maximum Gasteiger partial charge on any atom is 0.226 e. The maximum atomic E-state index is 12.8. The van der Waals surface area contributed by atoms with E-state index in [2.05, 4.69) is 166 Å². The van der Waals surface area contributed by atoms with E-state index >= 15 is 0 Å². The van der Waals surface area contributed by atoms with Gasteiger partial charge in [0.1, 0.15) is 0 Å². The molecule has 0 N–H and O–H groups in total. The zero-order chi connectivity index (χ0) is 89.7. The highest BCUT2D eigenvalue weighted by atomic mass is 16.1. The van der Waals surface area contributed by atoms with E-state index in [0.717, 1.165) is 170 Å². The Morgan fingerprint density at radius 1 is 0.320 bits per heavy atom. The van der Waals surface area contributed by atoms with Crippen LogP contribution in [0.1, 0.15) is 150 Å². The second-order valence-corrected chi connectivity index (χ2v) is 35.8. The Morgan fingerprint density at radius 2 is 0.609 bits per heavy atom. The number of ketones is 4. The number of benzene rings is 3. The topological polar surface area (TPSA) is 253 Å². The first-order valence-electron chi connectivity index (χ1n) is 43.8. The van der Waals surface area contributed by atoms with E-state index in [1.165, 1.54) is 16.7 Å². The molecule has 0 fully saturated rings. The third-order valence-corrected chi connectivity index (χ3v) is 28.2. The number of hydrogen-bond acceptors (Lipinski definition) is 17. The van der Waals surface area contributed by atoms with Gasteiger partial charge in [-0.3, -0.25) is 24.9 Å². The van der Waals surface area contributed by atoms with Crippen molar-refractivity contribution < 1.29 is 19.2 Å². The van der Waals surface area contributed by atoms with Gasteiger partial charge in [0.2, 0.25) is 22.8 Å². The number of nitrogens with zero attached hydrogens (tertiary/aromatic N) is 17. The van der Waals surface area contributed by atoms with Gasteiger partial charge in [-0.15, -0.1) is 0 Å². The van der Waals surface area contributed by atoms with Crippen LogP contribution in [0.4, 0.5) is 0 Å². The van der Waals surface area contributed by atoms with Gasteiger partial charge in [-0.2, -0.15) is 0 Å². The van der Waals surface area contributed by atoms with E-state index in [4.69, 9.17) is 66.2 Å². The molecule has 0 bridgehead atoms. The number of Topliss-reactive ketones (excluding diaryl/α,β-unsaturated/α-hetero) is 4. The Kier molecular flexibility index (Phi) is 23.2. The molecule has 0 saturated carbocycles. The molecule has 0 spiro atoms. The largest absolute Gasteiger partial charge is 0.308 e. The highest BCUT2D eigenvalue weighted by Gasteiger charge is 2.54. The molecule has 21 nitrogen and oxygen atoms in total. The molecule has 12 atom stereocenters.